The number of pyridine rings is 1. The van der Waals surface area contributed by atoms with Crippen LogP contribution >= 0.6 is 34.8 Å². The van der Waals surface area contributed by atoms with E-state index in [0.717, 1.165) is 9.25 Å². The lowest BCUT2D eigenvalue weighted by molar-refractivity contribution is -0.207. The molecule has 2 aromatic carbocycles. The highest BCUT2D eigenvalue weighted by Gasteiger charge is 2.39. The molecule has 0 aliphatic carbocycles. The second kappa shape index (κ2) is 10.0. The Morgan fingerprint density at radius 2 is 1.71 bits per heavy atom. The largest absolute Gasteiger partial charge is 0.416 e. The molecule has 1 atom stereocenters. The first kappa shape index (κ1) is 25.2. The van der Waals surface area contributed by atoms with Gasteiger partial charge in [-0.25, -0.2) is 9.48 Å². The highest BCUT2D eigenvalue weighted by molar-refractivity contribution is 6.43. The van der Waals surface area contributed by atoms with Crippen molar-refractivity contribution < 1.29 is 18.3 Å². The molecular formula is C23H16Cl3F3N4O2. The maximum absolute atomic E-state index is 13.1. The zero-order valence-electron chi connectivity index (χ0n) is 17.7. The van der Waals surface area contributed by atoms with Gasteiger partial charge < -0.3 is 5.11 Å². The Morgan fingerprint density at radius 1 is 1.00 bits per heavy atom. The molecule has 2 heterocycles. The molecule has 0 bridgehead atoms. The Labute approximate surface area is 212 Å². The Kier molecular flexibility index (Phi) is 7.23. The van der Waals surface area contributed by atoms with Crippen LogP contribution in [0.1, 0.15) is 5.56 Å². The molecule has 0 saturated heterocycles. The molecule has 4 aromatic rings. The number of hydrogen-bond acceptors (Lipinski definition) is 4. The average Bonchev–Trinajstić information content (AvgIpc) is 3.11. The summed E-state index contributed by atoms with van der Waals surface area (Å²) in [4.78, 5) is 17.2. The van der Waals surface area contributed by atoms with Gasteiger partial charge in [-0.15, -0.1) is 5.10 Å². The molecule has 1 N–H and O–H groups in total. The molecule has 0 aliphatic rings. The van der Waals surface area contributed by atoms with Crippen LogP contribution in [0.15, 0.2) is 65.7 Å². The quantitative estimate of drug-likeness (QED) is 0.338. The molecule has 6 nitrogen and oxygen atoms in total. The van der Waals surface area contributed by atoms with Crippen LogP contribution in [0.2, 0.25) is 15.1 Å². The lowest BCUT2D eigenvalue weighted by Gasteiger charge is -2.15. The summed E-state index contributed by atoms with van der Waals surface area (Å²) in [7, 11) is 0. The van der Waals surface area contributed by atoms with Gasteiger partial charge in [-0.2, -0.15) is 13.2 Å². The molecule has 182 valence electrons. The van der Waals surface area contributed by atoms with Gasteiger partial charge in [-0.3, -0.25) is 9.55 Å². The molecule has 0 spiro atoms. The first-order valence-electron chi connectivity index (χ1n) is 10.1. The normalized spacial score (nSPS) is 12.7. The second-order valence-corrected chi connectivity index (χ2v) is 8.84. The zero-order valence-corrected chi connectivity index (χ0v) is 19.9. The van der Waals surface area contributed by atoms with Crippen molar-refractivity contribution in [2.24, 2.45) is 0 Å². The third-order valence-electron chi connectivity index (χ3n) is 5.15. The average molecular weight is 544 g/mol. The highest BCUT2D eigenvalue weighted by atomic mass is 35.5. The van der Waals surface area contributed by atoms with Gasteiger partial charge >= 0.3 is 11.9 Å². The number of benzene rings is 2. The third kappa shape index (κ3) is 5.54. The summed E-state index contributed by atoms with van der Waals surface area (Å²) in [5.74, 6) is -0.0445. The van der Waals surface area contributed by atoms with E-state index in [2.05, 4.69) is 10.1 Å². The van der Waals surface area contributed by atoms with E-state index in [-0.39, 0.29) is 12.4 Å². The molecule has 0 unspecified atom stereocenters. The van der Waals surface area contributed by atoms with Gasteiger partial charge in [0.1, 0.15) is 0 Å². The Morgan fingerprint density at radius 3 is 2.40 bits per heavy atom. The molecule has 2 aromatic heterocycles. The van der Waals surface area contributed by atoms with Crippen LogP contribution < -0.4 is 5.69 Å². The summed E-state index contributed by atoms with van der Waals surface area (Å²) < 4.78 is 40.9. The van der Waals surface area contributed by atoms with Gasteiger partial charge in [-0.1, -0.05) is 46.9 Å². The predicted octanol–water partition coefficient (Wildman–Crippen LogP) is 5.71. The van der Waals surface area contributed by atoms with E-state index >= 15 is 0 Å². The van der Waals surface area contributed by atoms with Crippen molar-refractivity contribution in [2.75, 3.05) is 0 Å². The summed E-state index contributed by atoms with van der Waals surface area (Å²) in [6, 6.07) is 12.9. The van der Waals surface area contributed by atoms with E-state index in [1.807, 2.05) is 0 Å². The smallest absolute Gasteiger partial charge is 0.382 e. The lowest BCUT2D eigenvalue weighted by atomic mass is 10.1. The molecule has 35 heavy (non-hydrogen) atoms. The second-order valence-electron chi connectivity index (χ2n) is 7.62. The third-order valence-corrected chi connectivity index (χ3v) is 6.22. The lowest BCUT2D eigenvalue weighted by Crippen LogP contribution is -2.37. The zero-order chi connectivity index (χ0) is 25.3. The van der Waals surface area contributed by atoms with Crippen LogP contribution in [0, 0.1) is 0 Å². The molecule has 4 rings (SSSR count). The van der Waals surface area contributed by atoms with E-state index in [1.54, 1.807) is 30.5 Å². The summed E-state index contributed by atoms with van der Waals surface area (Å²) in [6.07, 6.45) is -4.59. The van der Waals surface area contributed by atoms with Crippen LogP contribution in [0.5, 0.6) is 0 Å². The Balaban J connectivity index is 1.74. The number of aliphatic hydroxyl groups excluding tert-OH is 1. The number of hydrogen-bond donors (Lipinski definition) is 1. The minimum Gasteiger partial charge on any atom is -0.382 e. The topological polar surface area (TPSA) is 72.9 Å². The number of halogens is 6. The van der Waals surface area contributed by atoms with Crippen LogP contribution in [0.3, 0.4) is 0 Å². The first-order chi connectivity index (χ1) is 16.5. The molecule has 12 heteroatoms. The van der Waals surface area contributed by atoms with Gasteiger partial charge in [0, 0.05) is 34.1 Å². The van der Waals surface area contributed by atoms with Crippen LogP contribution in [-0.2, 0) is 13.1 Å². The summed E-state index contributed by atoms with van der Waals surface area (Å²) in [6.45, 7) is -1.11. The number of rotatable bonds is 6. The first-order valence-corrected chi connectivity index (χ1v) is 11.2. The molecule has 0 saturated carbocycles. The van der Waals surface area contributed by atoms with Gasteiger partial charge in [0.15, 0.2) is 11.9 Å². The summed E-state index contributed by atoms with van der Waals surface area (Å²) in [5, 5.41) is 15.0. The van der Waals surface area contributed by atoms with Gasteiger partial charge in [0.2, 0.25) is 0 Å². The Hall–Kier alpha value is -2.85. The number of nitrogens with zero attached hydrogens (tertiary/aromatic N) is 4. The highest BCUT2D eigenvalue weighted by Crippen LogP contribution is 2.33. The monoisotopic (exact) mass is 542 g/mol. The fourth-order valence-corrected chi connectivity index (χ4v) is 3.95. The molecular weight excluding hydrogens is 528 g/mol. The minimum atomic E-state index is -4.91. The van der Waals surface area contributed by atoms with Crippen molar-refractivity contribution in [3.05, 3.63) is 92.0 Å². The summed E-state index contributed by atoms with van der Waals surface area (Å²) >= 11 is 18.3. The standard InChI is InChI=1S/C23H16Cl3F3N4O2/c24-16-6-4-14(5-7-16)21-31-33(22(35)32(21)12-19(34)23(27,28)29)11-13-8-15(10-30-9-13)17-2-1-3-18(25)20(17)26/h1-10,19,34H,11-12H2/t19-/m0/s1. The number of aliphatic hydroxyl groups is 1. The fraction of sp³-hybridized carbons (Fsp3) is 0.174. The molecule has 0 aliphatic heterocycles. The van der Waals surface area contributed by atoms with Gasteiger partial charge in [-0.05, 0) is 42.0 Å². The molecule has 0 amide bonds. The van der Waals surface area contributed by atoms with Crippen LogP contribution in [0.4, 0.5) is 13.2 Å². The van der Waals surface area contributed by atoms with Crippen molar-refractivity contribution in [1.82, 2.24) is 19.3 Å². The van der Waals surface area contributed by atoms with Gasteiger partial charge in [0.25, 0.3) is 0 Å². The van der Waals surface area contributed by atoms with Crippen molar-refractivity contribution in [1.29, 1.82) is 0 Å². The van der Waals surface area contributed by atoms with E-state index in [9.17, 15) is 23.1 Å². The summed E-state index contributed by atoms with van der Waals surface area (Å²) in [5.41, 5.74) is 1.33. The minimum absolute atomic E-state index is 0.0445. The van der Waals surface area contributed by atoms with E-state index in [1.165, 1.54) is 30.5 Å². The van der Waals surface area contributed by atoms with E-state index in [4.69, 9.17) is 34.8 Å². The van der Waals surface area contributed by atoms with Crippen molar-refractivity contribution in [3.63, 3.8) is 0 Å². The SMILES string of the molecule is O=c1n(Cc2cncc(-c3cccc(Cl)c3Cl)c2)nc(-c2ccc(Cl)cc2)n1C[C@H](O)C(F)(F)F. The fourth-order valence-electron chi connectivity index (χ4n) is 3.42. The van der Waals surface area contributed by atoms with E-state index in [0.29, 0.717) is 37.3 Å². The van der Waals surface area contributed by atoms with Crippen molar-refractivity contribution in [2.45, 2.75) is 25.4 Å². The Bertz CT molecular complexity index is 1420. The maximum atomic E-state index is 13.1. The van der Waals surface area contributed by atoms with Gasteiger partial charge in [0.05, 0.1) is 23.1 Å². The number of aromatic nitrogens is 4. The van der Waals surface area contributed by atoms with E-state index < -0.39 is 24.5 Å². The van der Waals surface area contributed by atoms with Crippen molar-refractivity contribution >= 4 is 34.8 Å². The van der Waals surface area contributed by atoms with Crippen LogP contribution in [0.25, 0.3) is 22.5 Å². The number of alkyl halides is 3. The van der Waals surface area contributed by atoms with Crippen molar-refractivity contribution in [3.8, 4) is 22.5 Å². The predicted molar refractivity (Wildman–Crippen MR) is 128 cm³/mol. The molecule has 0 radical (unpaired) electrons. The molecule has 0 fully saturated rings. The maximum Gasteiger partial charge on any atom is 0.416 e. The van der Waals surface area contributed by atoms with Crippen LogP contribution in [-0.4, -0.2) is 36.7 Å².